The number of amides is 2. The van der Waals surface area contributed by atoms with Crippen LogP contribution in [0.1, 0.15) is 50.5 Å². The molecule has 1 aliphatic heterocycles. The van der Waals surface area contributed by atoms with Crippen molar-refractivity contribution in [1.29, 1.82) is 5.26 Å². The van der Waals surface area contributed by atoms with E-state index in [-0.39, 0.29) is 41.7 Å². The summed E-state index contributed by atoms with van der Waals surface area (Å²) in [5.41, 5.74) is -2.42. The molecule has 1 aromatic rings. The summed E-state index contributed by atoms with van der Waals surface area (Å²) in [6.45, 7) is -0.108. The van der Waals surface area contributed by atoms with Gasteiger partial charge in [-0.1, -0.05) is 11.6 Å². The Morgan fingerprint density at radius 3 is 2.41 bits per heavy atom. The minimum Gasteiger partial charge on any atom is -0.325 e. The number of alkyl halides is 4. The van der Waals surface area contributed by atoms with Crippen LogP contribution in [0.25, 0.3) is 0 Å². The highest BCUT2D eigenvalue weighted by Crippen LogP contribution is 2.53. The highest BCUT2D eigenvalue weighted by Gasteiger charge is 2.52. The lowest BCUT2D eigenvalue weighted by Crippen LogP contribution is -2.59. The molecular formula is C23H25ClF4N4O2. The van der Waals surface area contributed by atoms with E-state index in [1.807, 2.05) is 6.07 Å². The minimum absolute atomic E-state index is 0.0225. The zero-order chi connectivity index (χ0) is 24.7. The molecular weight excluding hydrogens is 476 g/mol. The van der Waals surface area contributed by atoms with Gasteiger partial charge in [-0.15, -0.1) is 0 Å². The quantitative estimate of drug-likeness (QED) is 0.585. The van der Waals surface area contributed by atoms with Crippen LogP contribution in [0, 0.1) is 16.7 Å². The summed E-state index contributed by atoms with van der Waals surface area (Å²) in [6.07, 6.45) is -2.62. The van der Waals surface area contributed by atoms with Gasteiger partial charge in [-0.3, -0.25) is 9.59 Å². The van der Waals surface area contributed by atoms with Gasteiger partial charge in [0, 0.05) is 22.4 Å². The number of rotatable bonds is 5. The molecule has 1 aromatic carbocycles. The standard InChI is InChI=1S/C23H25ClF4N4O2/c24-14-1-2-18(17(9-14)23(26,27)28)31-20(34)21-3-6-22(7-4-21,8-5-21)30-12-19(33)32-13-15(25)10-16(32)11-29/h1-2,9,15-16,30H,3-8,10,12-13H2,(H,31,34). The minimum atomic E-state index is -4.65. The number of halogens is 5. The van der Waals surface area contributed by atoms with E-state index in [0.717, 1.165) is 12.1 Å². The van der Waals surface area contributed by atoms with Gasteiger partial charge in [0.1, 0.15) is 12.2 Å². The van der Waals surface area contributed by atoms with Crippen LogP contribution in [-0.2, 0) is 15.8 Å². The van der Waals surface area contributed by atoms with Gasteiger partial charge in [0.2, 0.25) is 11.8 Å². The highest BCUT2D eigenvalue weighted by molar-refractivity contribution is 6.30. The van der Waals surface area contributed by atoms with Gasteiger partial charge in [-0.2, -0.15) is 18.4 Å². The molecule has 11 heteroatoms. The summed E-state index contributed by atoms with van der Waals surface area (Å²) in [4.78, 5) is 26.9. The largest absolute Gasteiger partial charge is 0.418 e. The Hall–Kier alpha value is -2.38. The van der Waals surface area contributed by atoms with Crippen molar-refractivity contribution < 1.29 is 27.2 Å². The Balaban J connectivity index is 1.37. The third-order valence-corrected chi connectivity index (χ3v) is 7.83. The SMILES string of the molecule is N#CC1CC(F)CN1C(=O)CNC12CCC(C(=O)Nc3ccc(Cl)cc3C(F)(F)F)(CC1)CC2. The number of hydrogen-bond donors (Lipinski definition) is 2. The summed E-state index contributed by atoms with van der Waals surface area (Å²) >= 11 is 5.72. The van der Waals surface area contributed by atoms with Crippen LogP contribution in [0.5, 0.6) is 0 Å². The lowest BCUT2D eigenvalue weighted by molar-refractivity contribution is -0.137. The van der Waals surface area contributed by atoms with E-state index in [1.165, 1.54) is 11.0 Å². The summed E-state index contributed by atoms with van der Waals surface area (Å²) in [7, 11) is 0. The number of benzene rings is 1. The second-order valence-electron chi connectivity index (χ2n) is 9.58. The predicted octanol–water partition coefficient (Wildman–Crippen LogP) is 4.44. The molecule has 1 heterocycles. The zero-order valence-electron chi connectivity index (χ0n) is 18.4. The Bertz CT molecular complexity index is 1000. The maximum atomic E-state index is 13.6. The Kier molecular flexibility index (Phi) is 6.55. The van der Waals surface area contributed by atoms with Gasteiger partial charge in [0.15, 0.2) is 0 Å². The molecule has 2 amide bonds. The third kappa shape index (κ3) is 4.73. The van der Waals surface area contributed by atoms with Crippen molar-refractivity contribution in [2.24, 2.45) is 5.41 Å². The van der Waals surface area contributed by atoms with Crippen LogP contribution in [0.3, 0.4) is 0 Å². The van der Waals surface area contributed by atoms with Crippen LogP contribution >= 0.6 is 11.6 Å². The van der Waals surface area contributed by atoms with Crippen molar-refractivity contribution in [3.8, 4) is 6.07 Å². The zero-order valence-corrected chi connectivity index (χ0v) is 19.1. The molecule has 0 radical (unpaired) electrons. The highest BCUT2D eigenvalue weighted by atomic mass is 35.5. The third-order valence-electron chi connectivity index (χ3n) is 7.60. The van der Waals surface area contributed by atoms with Gasteiger partial charge in [-0.25, -0.2) is 4.39 Å². The van der Waals surface area contributed by atoms with E-state index in [4.69, 9.17) is 16.9 Å². The first-order valence-electron chi connectivity index (χ1n) is 11.2. The molecule has 1 saturated heterocycles. The molecule has 2 atom stereocenters. The van der Waals surface area contributed by atoms with E-state index in [1.54, 1.807) is 0 Å². The number of nitrogens with one attached hydrogen (secondary N) is 2. The smallest absolute Gasteiger partial charge is 0.325 e. The Morgan fingerprint density at radius 1 is 1.18 bits per heavy atom. The fourth-order valence-corrected chi connectivity index (χ4v) is 5.63. The van der Waals surface area contributed by atoms with Gasteiger partial charge in [0.05, 0.1) is 30.4 Å². The maximum absolute atomic E-state index is 13.6. The van der Waals surface area contributed by atoms with E-state index < -0.39 is 35.3 Å². The Morgan fingerprint density at radius 2 is 1.82 bits per heavy atom. The van der Waals surface area contributed by atoms with Crippen LogP contribution in [0.4, 0.5) is 23.2 Å². The summed E-state index contributed by atoms with van der Waals surface area (Å²) in [6, 6.07) is 4.47. The first kappa shape index (κ1) is 24.7. The molecule has 4 aliphatic rings. The number of nitriles is 1. The molecule has 2 N–H and O–H groups in total. The number of nitrogens with zero attached hydrogens (tertiary/aromatic N) is 2. The number of likely N-dealkylation sites (tertiary alicyclic amines) is 1. The fourth-order valence-electron chi connectivity index (χ4n) is 5.45. The molecule has 5 rings (SSSR count). The number of anilines is 1. The van der Waals surface area contributed by atoms with E-state index in [0.29, 0.717) is 38.5 Å². The van der Waals surface area contributed by atoms with Crippen LogP contribution in [0.15, 0.2) is 18.2 Å². The first-order chi connectivity index (χ1) is 16.0. The van der Waals surface area contributed by atoms with Gasteiger partial charge >= 0.3 is 6.18 Å². The Labute approximate surface area is 199 Å². The van der Waals surface area contributed by atoms with Gasteiger partial charge in [0.25, 0.3) is 0 Å². The van der Waals surface area contributed by atoms with Crippen LogP contribution < -0.4 is 10.6 Å². The molecule has 184 valence electrons. The molecule has 3 aliphatic carbocycles. The predicted molar refractivity (Wildman–Crippen MR) is 117 cm³/mol. The molecule has 6 nitrogen and oxygen atoms in total. The molecule has 0 spiro atoms. The number of fused-ring (bicyclic) bond motifs is 3. The van der Waals surface area contributed by atoms with Crippen molar-refractivity contribution in [2.75, 3.05) is 18.4 Å². The number of carbonyl (C=O) groups excluding carboxylic acids is 2. The maximum Gasteiger partial charge on any atom is 0.418 e. The summed E-state index contributed by atoms with van der Waals surface area (Å²) in [5.74, 6) is -0.767. The van der Waals surface area contributed by atoms with Crippen molar-refractivity contribution >= 4 is 29.1 Å². The fraction of sp³-hybridized carbons (Fsp3) is 0.609. The monoisotopic (exact) mass is 500 g/mol. The van der Waals surface area contributed by atoms with Crippen molar-refractivity contribution in [3.05, 3.63) is 28.8 Å². The average Bonchev–Trinajstić information content (AvgIpc) is 3.20. The molecule has 34 heavy (non-hydrogen) atoms. The number of hydrogen-bond acceptors (Lipinski definition) is 4. The summed E-state index contributed by atoms with van der Waals surface area (Å²) in [5, 5.41) is 14.8. The molecule has 2 unspecified atom stereocenters. The second kappa shape index (κ2) is 9.00. The molecule has 2 bridgehead atoms. The molecule has 4 fully saturated rings. The lowest BCUT2D eigenvalue weighted by atomic mass is 9.57. The van der Waals surface area contributed by atoms with Gasteiger partial charge in [-0.05, 0) is 56.7 Å². The van der Waals surface area contributed by atoms with Crippen molar-refractivity contribution in [2.45, 2.75) is 68.9 Å². The van der Waals surface area contributed by atoms with Gasteiger partial charge < -0.3 is 15.5 Å². The van der Waals surface area contributed by atoms with E-state index >= 15 is 0 Å². The normalized spacial score (nSPS) is 30.8. The van der Waals surface area contributed by atoms with Crippen molar-refractivity contribution in [1.82, 2.24) is 10.2 Å². The van der Waals surface area contributed by atoms with E-state index in [9.17, 15) is 27.2 Å². The molecule has 3 saturated carbocycles. The first-order valence-corrected chi connectivity index (χ1v) is 11.6. The van der Waals surface area contributed by atoms with E-state index in [2.05, 4.69) is 10.6 Å². The molecule has 0 aromatic heterocycles. The average molecular weight is 501 g/mol. The van der Waals surface area contributed by atoms with Crippen LogP contribution in [0.2, 0.25) is 5.02 Å². The number of carbonyl (C=O) groups is 2. The van der Waals surface area contributed by atoms with Crippen molar-refractivity contribution in [3.63, 3.8) is 0 Å². The topological polar surface area (TPSA) is 85.2 Å². The second-order valence-corrected chi connectivity index (χ2v) is 10.0. The summed E-state index contributed by atoms with van der Waals surface area (Å²) < 4.78 is 53.8. The lowest BCUT2D eigenvalue weighted by Gasteiger charge is -2.53. The van der Waals surface area contributed by atoms with Crippen LogP contribution in [-0.4, -0.2) is 47.6 Å².